The van der Waals surface area contributed by atoms with Crippen molar-refractivity contribution in [3.8, 4) is 0 Å². The Kier molecular flexibility index (Phi) is 6.64. The number of furan rings is 1. The summed E-state index contributed by atoms with van der Waals surface area (Å²) in [6, 6.07) is 7.05. The molecular formula is C19H23N3O4S. The summed E-state index contributed by atoms with van der Waals surface area (Å²) in [5, 5.41) is 7.69. The third-order valence-electron chi connectivity index (χ3n) is 4.49. The SMILES string of the molecule is O=C(CCCNC(=O)c1cccs1)NC1CCN(C(=O)c2ccco2)CC1. The molecule has 27 heavy (non-hydrogen) atoms. The van der Waals surface area contributed by atoms with Crippen LogP contribution < -0.4 is 10.6 Å². The number of nitrogens with one attached hydrogen (secondary N) is 2. The molecule has 3 amide bonds. The molecule has 1 fully saturated rings. The van der Waals surface area contributed by atoms with Gasteiger partial charge in [-0.15, -0.1) is 11.3 Å². The van der Waals surface area contributed by atoms with E-state index >= 15 is 0 Å². The summed E-state index contributed by atoms with van der Waals surface area (Å²) >= 11 is 1.39. The van der Waals surface area contributed by atoms with Crippen molar-refractivity contribution < 1.29 is 18.8 Å². The lowest BCUT2D eigenvalue weighted by Gasteiger charge is -2.31. The molecule has 0 atom stereocenters. The van der Waals surface area contributed by atoms with Gasteiger partial charge in [-0.3, -0.25) is 14.4 Å². The lowest BCUT2D eigenvalue weighted by molar-refractivity contribution is -0.122. The van der Waals surface area contributed by atoms with E-state index < -0.39 is 0 Å². The third-order valence-corrected chi connectivity index (χ3v) is 5.36. The maximum absolute atomic E-state index is 12.2. The van der Waals surface area contributed by atoms with Crippen LogP contribution in [0, 0.1) is 0 Å². The van der Waals surface area contributed by atoms with Crippen molar-refractivity contribution in [3.63, 3.8) is 0 Å². The molecule has 3 heterocycles. The number of nitrogens with zero attached hydrogens (tertiary/aromatic N) is 1. The van der Waals surface area contributed by atoms with E-state index in [9.17, 15) is 14.4 Å². The van der Waals surface area contributed by atoms with Crippen molar-refractivity contribution >= 4 is 29.1 Å². The molecule has 144 valence electrons. The van der Waals surface area contributed by atoms with Crippen LogP contribution in [0.2, 0.25) is 0 Å². The smallest absolute Gasteiger partial charge is 0.289 e. The highest BCUT2D eigenvalue weighted by Gasteiger charge is 2.25. The highest BCUT2D eigenvalue weighted by molar-refractivity contribution is 7.12. The van der Waals surface area contributed by atoms with Crippen molar-refractivity contribution in [2.45, 2.75) is 31.7 Å². The van der Waals surface area contributed by atoms with E-state index in [1.165, 1.54) is 17.6 Å². The number of hydrogen-bond donors (Lipinski definition) is 2. The summed E-state index contributed by atoms with van der Waals surface area (Å²) in [6.07, 6.45) is 3.92. The molecule has 0 spiro atoms. The highest BCUT2D eigenvalue weighted by Crippen LogP contribution is 2.14. The molecule has 0 saturated carbocycles. The fourth-order valence-electron chi connectivity index (χ4n) is 3.03. The molecule has 2 aromatic heterocycles. The molecule has 2 aromatic rings. The standard InChI is InChI=1S/C19H23N3O4S/c23-17(6-1-9-20-18(24)16-5-3-13-27-16)21-14-7-10-22(11-8-14)19(25)15-4-2-12-26-15/h2-5,12-14H,1,6-11H2,(H,20,24)(H,21,23). The van der Waals surface area contributed by atoms with E-state index in [0.717, 1.165) is 12.8 Å². The van der Waals surface area contributed by atoms with Crippen LogP contribution >= 0.6 is 11.3 Å². The molecule has 1 aliphatic heterocycles. The van der Waals surface area contributed by atoms with Gasteiger partial charge in [0.25, 0.3) is 11.8 Å². The summed E-state index contributed by atoms with van der Waals surface area (Å²) in [5.74, 6) is 0.128. The Labute approximate surface area is 161 Å². The number of carbonyl (C=O) groups is 3. The van der Waals surface area contributed by atoms with Crippen LogP contribution in [0.15, 0.2) is 40.3 Å². The molecule has 7 nitrogen and oxygen atoms in total. The summed E-state index contributed by atoms with van der Waals surface area (Å²) in [4.78, 5) is 38.5. The molecule has 1 aliphatic rings. The Bertz CT molecular complexity index is 750. The van der Waals surface area contributed by atoms with Crippen molar-refractivity contribution in [3.05, 3.63) is 46.5 Å². The highest BCUT2D eigenvalue weighted by atomic mass is 32.1. The lowest BCUT2D eigenvalue weighted by Crippen LogP contribution is -2.46. The predicted octanol–water partition coefficient (Wildman–Crippen LogP) is 2.27. The molecule has 1 saturated heterocycles. The maximum Gasteiger partial charge on any atom is 0.289 e. The van der Waals surface area contributed by atoms with E-state index in [0.29, 0.717) is 43.1 Å². The number of thiophene rings is 1. The minimum Gasteiger partial charge on any atom is -0.459 e. The molecule has 3 rings (SSSR count). The topological polar surface area (TPSA) is 91.7 Å². The predicted molar refractivity (Wildman–Crippen MR) is 102 cm³/mol. The van der Waals surface area contributed by atoms with Gasteiger partial charge in [-0.25, -0.2) is 0 Å². The molecular weight excluding hydrogens is 366 g/mol. The van der Waals surface area contributed by atoms with Gasteiger partial charge in [0.05, 0.1) is 11.1 Å². The van der Waals surface area contributed by atoms with Crippen molar-refractivity contribution in [2.75, 3.05) is 19.6 Å². The van der Waals surface area contributed by atoms with Gasteiger partial charge in [0.1, 0.15) is 0 Å². The number of likely N-dealkylation sites (tertiary alicyclic amines) is 1. The summed E-state index contributed by atoms with van der Waals surface area (Å²) in [7, 11) is 0. The second-order valence-corrected chi connectivity index (χ2v) is 7.40. The zero-order chi connectivity index (χ0) is 19.1. The second kappa shape index (κ2) is 9.36. The molecule has 0 bridgehead atoms. The monoisotopic (exact) mass is 389 g/mol. The zero-order valence-electron chi connectivity index (χ0n) is 15.0. The summed E-state index contributed by atoms with van der Waals surface area (Å²) in [5.41, 5.74) is 0. The van der Waals surface area contributed by atoms with Crippen molar-refractivity contribution in [2.24, 2.45) is 0 Å². The van der Waals surface area contributed by atoms with Gasteiger partial charge in [-0.05, 0) is 42.8 Å². The van der Waals surface area contributed by atoms with Gasteiger partial charge in [-0.1, -0.05) is 6.07 Å². The van der Waals surface area contributed by atoms with Crippen LogP contribution in [0.4, 0.5) is 0 Å². The van der Waals surface area contributed by atoms with Gasteiger partial charge < -0.3 is 20.0 Å². The number of carbonyl (C=O) groups excluding carboxylic acids is 3. The van der Waals surface area contributed by atoms with E-state index in [2.05, 4.69) is 10.6 Å². The van der Waals surface area contributed by atoms with Crippen molar-refractivity contribution in [1.29, 1.82) is 0 Å². The largest absolute Gasteiger partial charge is 0.459 e. The van der Waals surface area contributed by atoms with E-state index in [1.807, 2.05) is 11.4 Å². The van der Waals surface area contributed by atoms with Gasteiger partial charge in [0.2, 0.25) is 5.91 Å². The Morgan fingerprint density at radius 3 is 2.67 bits per heavy atom. The van der Waals surface area contributed by atoms with Gasteiger partial charge in [0, 0.05) is 32.1 Å². The van der Waals surface area contributed by atoms with E-state index in [1.54, 1.807) is 23.1 Å². The minimum atomic E-state index is -0.105. The zero-order valence-corrected chi connectivity index (χ0v) is 15.8. The molecule has 0 radical (unpaired) electrons. The van der Waals surface area contributed by atoms with Gasteiger partial charge in [-0.2, -0.15) is 0 Å². The maximum atomic E-state index is 12.2. The Balaban J connectivity index is 1.30. The average Bonchev–Trinajstić information content (AvgIpc) is 3.39. The second-order valence-electron chi connectivity index (χ2n) is 6.45. The van der Waals surface area contributed by atoms with Crippen LogP contribution in [0.1, 0.15) is 45.9 Å². The normalized spacial score (nSPS) is 14.7. The fraction of sp³-hybridized carbons (Fsp3) is 0.421. The number of amides is 3. The summed E-state index contributed by atoms with van der Waals surface area (Å²) < 4.78 is 5.14. The van der Waals surface area contributed by atoms with E-state index in [4.69, 9.17) is 4.42 Å². The molecule has 0 unspecified atom stereocenters. The molecule has 0 aliphatic carbocycles. The quantitative estimate of drug-likeness (QED) is 0.711. The molecule has 2 N–H and O–H groups in total. The molecule has 0 aromatic carbocycles. The first-order valence-electron chi connectivity index (χ1n) is 9.07. The average molecular weight is 389 g/mol. The van der Waals surface area contributed by atoms with Crippen LogP contribution in [-0.2, 0) is 4.79 Å². The lowest BCUT2D eigenvalue weighted by atomic mass is 10.0. The molecule has 8 heteroatoms. The fourth-order valence-corrected chi connectivity index (χ4v) is 3.67. The Hall–Kier alpha value is -2.61. The third kappa shape index (κ3) is 5.43. The van der Waals surface area contributed by atoms with Gasteiger partial charge in [0.15, 0.2) is 5.76 Å². The van der Waals surface area contributed by atoms with Crippen LogP contribution in [0.3, 0.4) is 0 Å². The van der Waals surface area contributed by atoms with E-state index in [-0.39, 0.29) is 23.8 Å². The van der Waals surface area contributed by atoms with Crippen molar-refractivity contribution in [1.82, 2.24) is 15.5 Å². The number of hydrogen-bond acceptors (Lipinski definition) is 5. The van der Waals surface area contributed by atoms with Gasteiger partial charge >= 0.3 is 0 Å². The first-order chi connectivity index (χ1) is 13.1. The number of piperidine rings is 1. The first kappa shape index (κ1) is 19.2. The Morgan fingerprint density at radius 1 is 1.19 bits per heavy atom. The number of rotatable bonds is 7. The summed E-state index contributed by atoms with van der Waals surface area (Å²) in [6.45, 7) is 1.67. The van der Waals surface area contributed by atoms with Crippen LogP contribution in [-0.4, -0.2) is 48.3 Å². The van der Waals surface area contributed by atoms with Crippen LogP contribution in [0.25, 0.3) is 0 Å². The Morgan fingerprint density at radius 2 is 2.00 bits per heavy atom. The first-order valence-corrected chi connectivity index (χ1v) is 9.95. The van der Waals surface area contributed by atoms with Crippen LogP contribution in [0.5, 0.6) is 0 Å². The minimum absolute atomic E-state index is 0.0174.